The van der Waals surface area contributed by atoms with Gasteiger partial charge in [0.05, 0.1) is 0 Å². The highest BCUT2D eigenvalue weighted by Gasteiger charge is 2.13. The average Bonchev–Trinajstić information content (AvgIpc) is 2.75. The van der Waals surface area contributed by atoms with Gasteiger partial charge in [-0.2, -0.15) is 0 Å². The number of nitrogens with one attached hydrogen (secondary N) is 1. The van der Waals surface area contributed by atoms with Crippen molar-refractivity contribution >= 4 is 17.7 Å². The van der Waals surface area contributed by atoms with Crippen molar-refractivity contribution in [1.82, 2.24) is 15.1 Å². The van der Waals surface area contributed by atoms with E-state index in [4.69, 9.17) is 0 Å². The minimum absolute atomic E-state index is 0.00183. The van der Waals surface area contributed by atoms with E-state index < -0.39 is 5.82 Å². The lowest BCUT2D eigenvalue weighted by Gasteiger charge is -2.21. The van der Waals surface area contributed by atoms with Gasteiger partial charge in [-0.1, -0.05) is 12.1 Å². The number of amides is 3. The molecule has 1 N–H and O–H groups in total. The Morgan fingerprint density at radius 3 is 2.10 bits per heavy atom. The molecule has 0 spiro atoms. The van der Waals surface area contributed by atoms with Crippen LogP contribution < -0.4 is 5.32 Å². The molecule has 0 unspecified atom stereocenters. The van der Waals surface area contributed by atoms with Gasteiger partial charge in [-0.05, 0) is 55.3 Å². The molecule has 0 bridgehead atoms. The second-order valence-corrected chi connectivity index (χ2v) is 7.17. The standard InChI is InChI=1S/C23H28FN3O3/c1-4-27(16-17-7-9-19(10-8-17)23(30)26(2)3)21(28)6-5-15-25-22(29)18-11-13-20(24)14-12-18/h7-14H,4-6,15-16H2,1-3H3,(H,25,29). The summed E-state index contributed by atoms with van der Waals surface area (Å²) in [5.74, 6) is -0.743. The smallest absolute Gasteiger partial charge is 0.253 e. The van der Waals surface area contributed by atoms with Crippen LogP contribution in [0.5, 0.6) is 0 Å². The van der Waals surface area contributed by atoms with E-state index in [1.807, 2.05) is 19.1 Å². The third-order valence-corrected chi connectivity index (χ3v) is 4.67. The van der Waals surface area contributed by atoms with Crippen molar-refractivity contribution in [1.29, 1.82) is 0 Å². The first-order chi connectivity index (χ1) is 14.3. The maximum Gasteiger partial charge on any atom is 0.253 e. The quantitative estimate of drug-likeness (QED) is 0.643. The fourth-order valence-electron chi connectivity index (χ4n) is 2.91. The zero-order valence-electron chi connectivity index (χ0n) is 17.7. The topological polar surface area (TPSA) is 69.7 Å². The number of carbonyl (C=O) groups is 3. The minimum Gasteiger partial charge on any atom is -0.352 e. The maximum absolute atomic E-state index is 12.9. The summed E-state index contributed by atoms with van der Waals surface area (Å²) in [4.78, 5) is 39.7. The fraction of sp³-hybridized carbons (Fsp3) is 0.348. The molecule has 0 atom stereocenters. The van der Waals surface area contributed by atoms with Gasteiger partial charge in [-0.3, -0.25) is 14.4 Å². The average molecular weight is 413 g/mol. The number of carbonyl (C=O) groups excluding carboxylic acids is 3. The molecule has 2 aromatic carbocycles. The Morgan fingerprint density at radius 1 is 0.933 bits per heavy atom. The lowest BCUT2D eigenvalue weighted by Crippen LogP contribution is -2.31. The number of rotatable bonds is 9. The first-order valence-electron chi connectivity index (χ1n) is 9.94. The van der Waals surface area contributed by atoms with Gasteiger partial charge < -0.3 is 15.1 Å². The number of benzene rings is 2. The molecule has 0 fully saturated rings. The Morgan fingerprint density at radius 2 is 1.53 bits per heavy atom. The Balaban J connectivity index is 1.79. The lowest BCUT2D eigenvalue weighted by molar-refractivity contribution is -0.131. The third-order valence-electron chi connectivity index (χ3n) is 4.67. The zero-order chi connectivity index (χ0) is 22.1. The summed E-state index contributed by atoms with van der Waals surface area (Å²) in [5.41, 5.74) is 1.94. The fourth-order valence-corrected chi connectivity index (χ4v) is 2.91. The molecule has 0 radical (unpaired) electrons. The third kappa shape index (κ3) is 6.69. The summed E-state index contributed by atoms with van der Waals surface area (Å²) < 4.78 is 12.9. The van der Waals surface area contributed by atoms with E-state index in [9.17, 15) is 18.8 Å². The Hall–Kier alpha value is -3.22. The number of hydrogen-bond acceptors (Lipinski definition) is 3. The molecule has 0 saturated carbocycles. The zero-order valence-corrected chi connectivity index (χ0v) is 17.7. The van der Waals surface area contributed by atoms with Gasteiger partial charge in [0.1, 0.15) is 5.82 Å². The molecule has 0 saturated heterocycles. The van der Waals surface area contributed by atoms with Crippen molar-refractivity contribution in [3.05, 3.63) is 71.0 Å². The van der Waals surface area contributed by atoms with Gasteiger partial charge in [0.25, 0.3) is 11.8 Å². The molecule has 0 heterocycles. The van der Waals surface area contributed by atoms with Crippen LogP contribution in [-0.4, -0.2) is 54.7 Å². The van der Waals surface area contributed by atoms with E-state index in [-0.39, 0.29) is 17.7 Å². The summed E-state index contributed by atoms with van der Waals surface area (Å²) in [5, 5.41) is 2.74. The highest BCUT2D eigenvalue weighted by atomic mass is 19.1. The van der Waals surface area contributed by atoms with E-state index in [0.717, 1.165) is 5.56 Å². The lowest BCUT2D eigenvalue weighted by atomic mass is 10.1. The number of halogens is 1. The van der Waals surface area contributed by atoms with Crippen LogP contribution in [0.1, 0.15) is 46.0 Å². The highest BCUT2D eigenvalue weighted by Crippen LogP contribution is 2.11. The largest absolute Gasteiger partial charge is 0.352 e. The van der Waals surface area contributed by atoms with E-state index in [1.165, 1.54) is 29.2 Å². The molecule has 30 heavy (non-hydrogen) atoms. The normalized spacial score (nSPS) is 10.4. The first kappa shape index (κ1) is 23.1. The van der Waals surface area contributed by atoms with Crippen molar-refractivity contribution in [2.75, 3.05) is 27.2 Å². The molecule has 0 aliphatic heterocycles. The van der Waals surface area contributed by atoms with Gasteiger partial charge in [-0.15, -0.1) is 0 Å². The molecule has 3 amide bonds. The Bertz CT molecular complexity index is 864. The molecule has 0 aliphatic carbocycles. The minimum atomic E-state index is -0.393. The summed E-state index contributed by atoms with van der Waals surface area (Å²) in [6.07, 6.45) is 0.827. The predicted molar refractivity (Wildman–Crippen MR) is 114 cm³/mol. The van der Waals surface area contributed by atoms with E-state index in [1.54, 1.807) is 31.1 Å². The van der Waals surface area contributed by atoms with Crippen LogP contribution in [-0.2, 0) is 11.3 Å². The maximum atomic E-state index is 12.9. The van der Waals surface area contributed by atoms with E-state index in [0.29, 0.717) is 43.6 Å². The molecule has 0 aromatic heterocycles. The van der Waals surface area contributed by atoms with E-state index in [2.05, 4.69) is 5.32 Å². The SMILES string of the molecule is CCN(Cc1ccc(C(=O)N(C)C)cc1)C(=O)CCCNC(=O)c1ccc(F)cc1. The monoisotopic (exact) mass is 413 g/mol. The summed E-state index contributed by atoms with van der Waals surface area (Å²) in [7, 11) is 3.41. The van der Waals surface area contributed by atoms with Crippen LogP contribution in [0.3, 0.4) is 0 Å². The van der Waals surface area contributed by atoms with Crippen LogP contribution >= 0.6 is 0 Å². The van der Waals surface area contributed by atoms with Crippen molar-refractivity contribution in [3.8, 4) is 0 Å². The first-order valence-corrected chi connectivity index (χ1v) is 9.94. The predicted octanol–water partition coefficient (Wildman–Crippen LogP) is 3.09. The molecule has 0 aliphatic rings. The van der Waals surface area contributed by atoms with Crippen molar-refractivity contribution in [3.63, 3.8) is 0 Å². The van der Waals surface area contributed by atoms with Crippen LogP contribution in [0.4, 0.5) is 4.39 Å². The highest BCUT2D eigenvalue weighted by molar-refractivity contribution is 5.94. The summed E-state index contributed by atoms with van der Waals surface area (Å²) in [6, 6.07) is 12.6. The summed E-state index contributed by atoms with van der Waals surface area (Å²) >= 11 is 0. The number of nitrogens with zero attached hydrogens (tertiary/aromatic N) is 2. The van der Waals surface area contributed by atoms with Gasteiger partial charge in [-0.25, -0.2) is 4.39 Å². The second-order valence-electron chi connectivity index (χ2n) is 7.17. The summed E-state index contributed by atoms with van der Waals surface area (Å²) in [6.45, 7) is 3.31. The van der Waals surface area contributed by atoms with Crippen molar-refractivity contribution in [2.24, 2.45) is 0 Å². The van der Waals surface area contributed by atoms with Crippen molar-refractivity contribution in [2.45, 2.75) is 26.3 Å². The molecule has 7 heteroatoms. The van der Waals surface area contributed by atoms with Crippen LogP contribution in [0, 0.1) is 5.82 Å². The Labute approximate surface area is 176 Å². The number of hydrogen-bond donors (Lipinski definition) is 1. The van der Waals surface area contributed by atoms with E-state index >= 15 is 0 Å². The van der Waals surface area contributed by atoms with Crippen LogP contribution in [0.15, 0.2) is 48.5 Å². The molecule has 6 nitrogen and oxygen atoms in total. The van der Waals surface area contributed by atoms with Gasteiger partial charge in [0.15, 0.2) is 0 Å². The van der Waals surface area contributed by atoms with Crippen LogP contribution in [0.25, 0.3) is 0 Å². The molecular formula is C23H28FN3O3. The molecule has 2 aromatic rings. The van der Waals surface area contributed by atoms with Gasteiger partial charge >= 0.3 is 0 Å². The van der Waals surface area contributed by atoms with Gasteiger partial charge in [0.2, 0.25) is 5.91 Å². The Kier molecular flexibility index (Phi) is 8.53. The van der Waals surface area contributed by atoms with Gasteiger partial charge in [0, 0.05) is 51.3 Å². The molecule has 160 valence electrons. The van der Waals surface area contributed by atoms with Crippen LogP contribution in [0.2, 0.25) is 0 Å². The molecular weight excluding hydrogens is 385 g/mol. The second kappa shape index (κ2) is 11.1. The van der Waals surface area contributed by atoms with Crippen molar-refractivity contribution < 1.29 is 18.8 Å². The molecule has 2 rings (SSSR count).